The molecule has 0 fully saturated rings. The second-order valence-corrected chi connectivity index (χ2v) is 8.13. The van der Waals surface area contributed by atoms with Crippen molar-refractivity contribution in [1.29, 1.82) is 0 Å². The number of halogens is 1. The molecule has 0 saturated heterocycles. The van der Waals surface area contributed by atoms with Crippen molar-refractivity contribution < 1.29 is 19.1 Å². The summed E-state index contributed by atoms with van der Waals surface area (Å²) in [5.74, 6) is 1.38. The normalized spacial score (nSPS) is 12.2. The van der Waals surface area contributed by atoms with Gasteiger partial charge < -0.3 is 20.1 Å². The Morgan fingerprint density at radius 1 is 0.967 bits per heavy atom. The lowest BCUT2D eigenvalue weighted by molar-refractivity contribution is -0.120. The van der Waals surface area contributed by atoms with Crippen LogP contribution in [0.15, 0.2) is 35.9 Å². The molecule has 0 bridgehead atoms. The Morgan fingerprint density at radius 3 is 2.13 bits per heavy atom. The van der Waals surface area contributed by atoms with Crippen LogP contribution in [0.3, 0.4) is 0 Å². The van der Waals surface area contributed by atoms with Crippen LogP contribution in [-0.4, -0.2) is 39.1 Å². The van der Waals surface area contributed by atoms with E-state index in [1.807, 2.05) is 27.7 Å². The number of nitrogens with one attached hydrogen (secondary N) is 2. The first kappa shape index (κ1) is 25.6. The Hall–Kier alpha value is -2.47. The van der Waals surface area contributed by atoms with Crippen molar-refractivity contribution in [2.75, 3.05) is 27.3 Å². The second kappa shape index (κ2) is 13.0. The number of rotatable bonds is 11. The monoisotopic (exact) mass is 436 g/mol. The Labute approximate surface area is 184 Å². The summed E-state index contributed by atoms with van der Waals surface area (Å²) in [5.41, 5.74) is 1.19. The molecule has 0 aliphatic rings. The fourth-order valence-electron chi connectivity index (χ4n) is 2.46. The average Bonchev–Trinajstić information content (AvgIpc) is 2.72. The zero-order chi connectivity index (χ0) is 22.7. The third kappa shape index (κ3) is 8.91. The molecule has 2 N–H and O–H groups in total. The molecule has 6 nitrogen and oxygen atoms in total. The standard InChI is InChI=1S/C23H33ClN2O4/c1-15(2)13-25-21(27)10-8-18(12-22(28)26-14-16(3)4)23(24)17-7-9-19(29-5)20(11-17)30-6/h7-11,15-16H,12-14H2,1-6H3,(H,25,27)(H,26,28)/b10-8+,23-18-. The molecule has 0 aliphatic heterocycles. The number of hydrogen-bond donors (Lipinski definition) is 2. The Bertz CT molecular complexity index is 785. The van der Waals surface area contributed by atoms with Gasteiger partial charge in [0.25, 0.3) is 0 Å². The molecule has 0 spiro atoms. The molecular weight excluding hydrogens is 404 g/mol. The van der Waals surface area contributed by atoms with E-state index in [1.54, 1.807) is 38.5 Å². The molecule has 0 heterocycles. The predicted molar refractivity (Wildman–Crippen MR) is 122 cm³/mol. The molecule has 0 atom stereocenters. The largest absolute Gasteiger partial charge is 0.493 e. The van der Waals surface area contributed by atoms with E-state index in [9.17, 15) is 9.59 Å². The van der Waals surface area contributed by atoms with Gasteiger partial charge in [-0.3, -0.25) is 9.59 Å². The van der Waals surface area contributed by atoms with Crippen LogP contribution in [0, 0.1) is 11.8 Å². The van der Waals surface area contributed by atoms with Gasteiger partial charge in [0.05, 0.1) is 25.7 Å². The molecule has 0 unspecified atom stereocenters. The van der Waals surface area contributed by atoms with Crippen LogP contribution in [0.1, 0.15) is 39.7 Å². The molecule has 7 heteroatoms. The van der Waals surface area contributed by atoms with Crippen molar-refractivity contribution >= 4 is 28.4 Å². The zero-order valence-electron chi connectivity index (χ0n) is 18.7. The molecule has 30 heavy (non-hydrogen) atoms. The highest BCUT2D eigenvalue weighted by molar-refractivity contribution is 6.49. The van der Waals surface area contributed by atoms with Gasteiger partial charge >= 0.3 is 0 Å². The summed E-state index contributed by atoms with van der Waals surface area (Å²) in [6.07, 6.45) is 3.04. The predicted octanol–water partition coefficient (Wildman–Crippen LogP) is 4.14. The third-order valence-electron chi connectivity index (χ3n) is 4.10. The summed E-state index contributed by atoms with van der Waals surface area (Å²) in [7, 11) is 3.09. The van der Waals surface area contributed by atoms with Gasteiger partial charge in [0.15, 0.2) is 11.5 Å². The van der Waals surface area contributed by atoms with Gasteiger partial charge in [0.2, 0.25) is 11.8 Å². The van der Waals surface area contributed by atoms with E-state index < -0.39 is 0 Å². The molecule has 0 saturated carbocycles. The highest BCUT2D eigenvalue weighted by Crippen LogP contribution is 2.33. The number of hydrogen-bond acceptors (Lipinski definition) is 4. The van der Waals surface area contributed by atoms with Gasteiger partial charge in [-0.25, -0.2) is 0 Å². The number of amides is 2. The van der Waals surface area contributed by atoms with Crippen molar-refractivity contribution in [1.82, 2.24) is 10.6 Å². The van der Waals surface area contributed by atoms with E-state index in [4.69, 9.17) is 21.1 Å². The van der Waals surface area contributed by atoms with E-state index in [0.717, 1.165) is 0 Å². The minimum Gasteiger partial charge on any atom is -0.493 e. The number of carbonyl (C=O) groups excluding carboxylic acids is 2. The Kier molecular flexibility index (Phi) is 11.0. The molecule has 1 aromatic rings. The van der Waals surface area contributed by atoms with Crippen LogP contribution < -0.4 is 20.1 Å². The average molecular weight is 437 g/mol. The van der Waals surface area contributed by atoms with Crippen LogP contribution in [0.5, 0.6) is 11.5 Å². The first-order chi connectivity index (χ1) is 14.2. The Balaban J connectivity index is 3.19. The van der Waals surface area contributed by atoms with E-state index >= 15 is 0 Å². The van der Waals surface area contributed by atoms with Crippen LogP contribution in [0.4, 0.5) is 0 Å². The van der Waals surface area contributed by atoms with Crippen molar-refractivity contribution in [2.24, 2.45) is 11.8 Å². The van der Waals surface area contributed by atoms with Crippen molar-refractivity contribution in [2.45, 2.75) is 34.1 Å². The minimum atomic E-state index is -0.236. The number of ether oxygens (including phenoxy) is 2. The summed E-state index contributed by atoms with van der Waals surface area (Å²) in [6, 6.07) is 5.26. The maximum atomic E-state index is 12.4. The number of methoxy groups -OCH3 is 2. The lowest BCUT2D eigenvalue weighted by Gasteiger charge is -2.12. The van der Waals surface area contributed by atoms with Gasteiger partial charge in [-0.05, 0) is 41.2 Å². The van der Waals surface area contributed by atoms with Crippen LogP contribution >= 0.6 is 11.6 Å². The quantitative estimate of drug-likeness (QED) is 0.403. The van der Waals surface area contributed by atoms with Gasteiger partial charge in [-0.2, -0.15) is 0 Å². The smallest absolute Gasteiger partial charge is 0.243 e. The fraction of sp³-hybridized carbons (Fsp3) is 0.478. The van der Waals surface area contributed by atoms with E-state index in [2.05, 4.69) is 10.6 Å². The maximum absolute atomic E-state index is 12.4. The fourth-order valence-corrected chi connectivity index (χ4v) is 2.71. The van der Waals surface area contributed by atoms with Gasteiger partial charge in [0.1, 0.15) is 0 Å². The molecule has 0 radical (unpaired) electrons. The van der Waals surface area contributed by atoms with Crippen LogP contribution in [0.2, 0.25) is 0 Å². The Morgan fingerprint density at radius 2 is 1.57 bits per heavy atom. The number of benzene rings is 1. The highest BCUT2D eigenvalue weighted by Gasteiger charge is 2.13. The molecule has 2 amide bonds. The SMILES string of the molecule is COc1ccc(/C(Cl)=C(\C=C\C(=O)NCC(C)C)CC(=O)NCC(C)C)cc1OC. The van der Waals surface area contributed by atoms with Crippen LogP contribution in [0.25, 0.3) is 5.03 Å². The molecular formula is C23H33ClN2O4. The summed E-state index contributed by atoms with van der Waals surface area (Å²) in [6.45, 7) is 9.21. The molecule has 1 aromatic carbocycles. The lowest BCUT2D eigenvalue weighted by Crippen LogP contribution is -2.27. The topological polar surface area (TPSA) is 76.7 Å². The van der Waals surface area contributed by atoms with Crippen molar-refractivity contribution in [3.63, 3.8) is 0 Å². The van der Waals surface area contributed by atoms with E-state index in [-0.39, 0.29) is 18.2 Å². The summed E-state index contributed by atoms with van der Waals surface area (Å²) in [4.78, 5) is 24.5. The highest BCUT2D eigenvalue weighted by atomic mass is 35.5. The summed E-state index contributed by atoms with van der Waals surface area (Å²) >= 11 is 6.63. The molecule has 0 aromatic heterocycles. The van der Waals surface area contributed by atoms with E-state index in [0.29, 0.717) is 52.6 Å². The van der Waals surface area contributed by atoms with Crippen LogP contribution in [-0.2, 0) is 9.59 Å². The van der Waals surface area contributed by atoms with Gasteiger partial charge in [-0.1, -0.05) is 45.4 Å². The second-order valence-electron chi connectivity index (χ2n) is 7.76. The van der Waals surface area contributed by atoms with Crippen molar-refractivity contribution in [3.05, 3.63) is 41.5 Å². The van der Waals surface area contributed by atoms with Gasteiger partial charge in [0, 0.05) is 19.2 Å². The molecule has 1 rings (SSSR count). The molecule has 166 valence electrons. The van der Waals surface area contributed by atoms with Crippen molar-refractivity contribution in [3.8, 4) is 11.5 Å². The number of carbonyl (C=O) groups is 2. The lowest BCUT2D eigenvalue weighted by atomic mass is 10.1. The first-order valence-corrected chi connectivity index (χ1v) is 10.4. The number of allylic oxidation sites excluding steroid dienone is 1. The first-order valence-electron chi connectivity index (χ1n) is 10.0. The third-order valence-corrected chi connectivity index (χ3v) is 4.56. The summed E-state index contributed by atoms with van der Waals surface area (Å²) in [5, 5.41) is 6.06. The minimum absolute atomic E-state index is 0.0495. The van der Waals surface area contributed by atoms with Gasteiger partial charge in [-0.15, -0.1) is 0 Å². The van der Waals surface area contributed by atoms with E-state index in [1.165, 1.54) is 6.08 Å². The molecule has 0 aliphatic carbocycles. The zero-order valence-corrected chi connectivity index (χ0v) is 19.4. The maximum Gasteiger partial charge on any atom is 0.243 e. The summed E-state index contributed by atoms with van der Waals surface area (Å²) < 4.78 is 10.6.